The van der Waals surface area contributed by atoms with Gasteiger partial charge in [0.15, 0.2) is 5.78 Å². The smallest absolute Gasteiger partial charge is 0.317 e. The van der Waals surface area contributed by atoms with Crippen molar-refractivity contribution in [2.24, 2.45) is 0 Å². The predicted molar refractivity (Wildman–Crippen MR) is 120 cm³/mol. The van der Waals surface area contributed by atoms with Gasteiger partial charge in [-0.15, -0.1) is 0 Å². The number of nitrogens with one attached hydrogen (secondary N) is 3. The lowest BCUT2D eigenvalue weighted by Gasteiger charge is -2.26. The maximum Gasteiger partial charge on any atom is 0.317 e. The van der Waals surface area contributed by atoms with Gasteiger partial charge in [-0.05, 0) is 18.2 Å². The number of ether oxygens (including phenoxy) is 2. The first-order valence-corrected chi connectivity index (χ1v) is 10.2. The molecular weight excluding hydrogens is 410 g/mol. The number of Topliss-reactive ketones (excluding diaryl/α,β-unsaturated/α-hetero) is 1. The largest absolute Gasteiger partial charge is 0.489 e. The summed E-state index contributed by atoms with van der Waals surface area (Å²) in [6.07, 6.45) is 3.30. The molecule has 2 amide bonds. The van der Waals surface area contributed by atoms with Crippen LogP contribution in [0.1, 0.15) is 16.1 Å². The van der Waals surface area contributed by atoms with Gasteiger partial charge in [0.05, 0.1) is 42.8 Å². The molecule has 2 aromatic heterocycles. The molecule has 1 aliphatic heterocycles. The Balaban J connectivity index is 1.81. The van der Waals surface area contributed by atoms with E-state index < -0.39 is 0 Å². The van der Waals surface area contributed by atoms with E-state index in [0.29, 0.717) is 41.6 Å². The molecule has 1 aromatic carbocycles. The Labute approximate surface area is 185 Å². The van der Waals surface area contributed by atoms with Gasteiger partial charge in [-0.25, -0.2) is 4.79 Å². The summed E-state index contributed by atoms with van der Waals surface area (Å²) < 4.78 is 11.0. The number of hydrogen-bond donors (Lipinski definition) is 3. The third-order valence-electron chi connectivity index (χ3n) is 5.18. The van der Waals surface area contributed by atoms with Crippen LogP contribution in [0.2, 0.25) is 0 Å². The topological polar surface area (TPSA) is 109 Å². The molecule has 3 aromatic rings. The number of pyridine rings is 1. The van der Waals surface area contributed by atoms with E-state index in [4.69, 9.17) is 9.47 Å². The number of methoxy groups -OCH3 is 1. The minimum atomic E-state index is -0.301. The zero-order chi connectivity index (χ0) is 22.5. The van der Waals surface area contributed by atoms with Crippen LogP contribution in [-0.2, 0) is 11.3 Å². The van der Waals surface area contributed by atoms with E-state index in [1.54, 1.807) is 26.6 Å². The van der Waals surface area contributed by atoms with Crippen LogP contribution in [0.4, 0.5) is 16.2 Å². The van der Waals surface area contributed by atoms with Crippen LogP contribution in [0.15, 0.2) is 48.8 Å². The quantitative estimate of drug-likeness (QED) is 0.492. The van der Waals surface area contributed by atoms with E-state index in [0.717, 1.165) is 11.3 Å². The van der Waals surface area contributed by atoms with Gasteiger partial charge in [0.2, 0.25) is 0 Å². The number of aromatic nitrogens is 2. The van der Waals surface area contributed by atoms with Gasteiger partial charge in [0, 0.05) is 37.3 Å². The summed E-state index contributed by atoms with van der Waals surface area (Å²) in [5.74, 6) is 0.418. The van der Waals surface area contributed by atoms with Crippen LogP contribution in [-0.4, -0.2) is 60.6 Å². The number of anilines is 2. The third-order valence-corrected chi connectivity index (χ3v) is 5.18. The van der Waals surface area contributed by atoms with E-state index in [9.17, 15) is 9.59 Å². The number of para-hydroxylation sites is 1. The number of ketones is 1. The number of urea groups is 1. The molecule has 32 heavy (non-hydrogen) atoms. The van der Waals surface area contributed by atoms with Crippen LogP contribution in [0, 0.1) is 0 Å². The van der Waals surface area contributed by atoms with Crippen molar-refractivity contribution in [1.29, 1.82) is 0 Å². The molecule has 166 valence electrons. The molecule has 0 radical (unpaired) electrons. The maximum atomic E-state index is 13.1. The first-order valence-electron chi connectivity index (χ1n) is 10.2. The molecular formula is C23H25N5O4. The van der Waals surface area contributed by atoms with Crippen LogP contribution in [0.25, 0.3) is 11.3 Å². The van der Waals surface area contributed by atoms with Gasteiger partial charge in [-0.1, -0.05) is 18.2 Å². The van der Waals surface area contributed by atoms with Crippen molar-refractivity contribution in [3.8, 4) is 17.0 Å². The lowest BCUT2D eigenvalue weighted by atomic mass is 10.0. The summed E-state index contributed by atoms with van der Waals surface area (Å²) in [5.41, 5.74) is 4.15. The third kappa shape index (κ3) is 4.28. The Morgan fingerprint density at radius 2 is 2.00 bits per heavy atom. The van der Waals surface area contributed by atoms with Crippen molar-refractivity contribution >= 4 is 23.2 Å². The second-order valence-electron chi connectivity index (χ2n) is 7.27. The number of rotatable bonds is 7. The fourth-order valence-corrected chi connectivity index (χ4v) is 3.71. The number of carbonyl (C=O) groups is 2. The molecule has 9 heteroatoms. The molecule has 0 saturated carbocycles. The summed E-state index contributed by atoms with van der Waals surface area (Å²) in [6.45, 7) is 1.08. The highest BCUT2D eigenvalue weighted by Crippen LogP contribution is 2.41. The first-order chi connectivity index (χ1) is 15.6. The molecule has 0 spiro atoms. The predicted octanol–water partition coefficient (Wildman–Crippen LogP) is 3.18. The number of amides is 2. The molecule has 0 aliphatic carbocycles. The monoisotopic (exact) mass is 435 g/mol. The first kappa shape index (κ1) is 21.4. The fourth-order valence-electron chi connectivity index (χ4n) is 3.71. The zero-order valence-corrected chi connectivity index (χ0v) is 18.0. The van der Waals surface area contributed by atoms with Crippen molar-refractivity contribution < 1.29 is 19.1 Å². The average molecular weight is 435 g/mol. The molecule has 4 rings (SSSR count). The lowest BCUT2D eigenvalue weighted by molar-refractivity contribution is 0.0920. The van der Waals surface area contributed by atoms with E-state index in [2.05, 4.69) is 20.6 Å². The van der Waals surface area contributed by atoms with Crippen LogP contribution >= 0.6 is 0 Å². The van der Waals surface area contributed by atoms with E-state index in [-0.39, 0.29) is 24.9 Å². The van der Waals surface area contributed by atoms with E-state index >= 15 is 0 Å². The van der Waals surface area contributed by atoms with E-state index in [1.807, 2.05) is 36.4 Å². The molecule has 3 N–H and O–H groups in total. The lowest BCUT2D eigenvalue weighted by Crippen LogP contribution is -2.43. The van der Waals surface area contributed by atoms with Gasteiger partial charge >= 0.3 is 6.03 Å². The van der Waals surface area contributed by atoms with Crippen molar-refractivity contribution in [1.82, 2.24) is 20.2 Å². The number of H-pyrrole nitrogens is 1. The summed E-state index contributed by atoms with van der Waals surface area (Å²) in [7, 11) is 3.16. The number of fused-ring (bicyclic) bond motifs is 1. The summed E-state index contributed by atoms with van der Waals surface area (Å²) >= 11 is 0. The zero-order valence-electron chi connectivity index (χ0n) is 18.0. The molecule has 0 bridgehead atoms. The maximum absolute atomic E-state index is 13.1. The molecule has 0 atom stereocenters. The minimum absolute atomic E-state index is 0.000970. The summed E-state index contributed by atoms with van der Waals surface area (Å²) in [5, 5.41) is 5.97. The second kappa shape index (κ2) is 9.52. The minimum Gasteiger partial charge on any atom is -0.489 e. The molecule has 0 saturated heterocycles. The molecule has 0 fully saturated rings. The fraction of sp³-hybridized carbons (Fsp3) is 0.261. The number of hydrogen-bond acceptors (Lipinski definition) is 6. The molecule has 0 unspecified atom stereocenters. The van der Waals surface area contributed by atoms with Crippen molar-refractivity contribution in [3.63, 3.8) is 0 Å². The Morgan fingerprint density at radius 1 is 1.19 bits per heavy atom. The van der Waals surface area contributed by atoms with Gasteiger partial charge in [-0.2, -0.15) is 0 Å². The molecule has 9 nitrogen and oxygen atoms in total. The van der Waals surface area contributed by atoms with E-state index in [1.165, 1.54) is 4.90 Å². The summed E-state index contributed by atoms with van der Waals surface area (Å²) in [4.78, 5) is 34.3. The van der Waals surface area contributed by atoms with Crippen molar-refractivity contribution in [3.05, 3.63) is 60.0 Å². The number of carbonyl (C=O) groups excluding carboxylic acids is 2. The second-order valence-corrected chi connectivity index (χ2v) is 7.27. The number of nitrogens with zero attached hydrogens (tertiary/aromatic N) is 2. The van der Waals surface area contributed by atoms with Crippen LogP contribution in [0.5, 0.6) is 5.75 Å². The highest BCUT2D eigenvalue weighted by Gasteiger charge is 2.33. The highest BCUT2D eigenvalue weighted by atomic mass is 16.5. The van der Waals surface area contributed by atoms with Gasteiger partial charge < -0.3 is 30.0 Å². The van der Waals surface area contributed by atoms with Crippen molar-refractivity contribution in [2.75, 3.05) is 39.2 Å². The summed E-state index contributed by atoms with van der Waals surface area (Å²) in [6, 6.07) is 11.1. The number of benzene rings is 1. The average Bonchev–Trinajstić information content (AvgIpc) is 3.18. The Hall–Kier alpha value is -3.85. The van der Waals surface area contributed by atoms with Gasteiger partial charge in [0.1, 0.15) is 12.4 Å². The number of aromatic amines is 1. The Bertz CT molecular complexity index is 1110. The standard InChI is InChI=1S/C23H25N5O4/c1-24-23(30)28-13-17-20(18(29)14-28)22(26-15-6-4-3-5-7-15)21(27-17)16-8-9-25-12-19(16)32-11-10-31-2/h3-9,12,26-27H,10-11,13-14H2,1-2H3,(H,24,30). The Kier molecular flexibility index (Phi) is 6.37. The van der Waals surface area contributed by atoms with Crippen LogP contribution < -0.4 is 15.4 Å². The highest BCUT2D eigenvalue weighted by molar-refractivity contribution is 6.09. The SMILES string of the molecule is CNC(=O)N1CC(=O)c2c([nH]c(-c3ccncc3OCCOC)c2Nc2ccccc2)C1. The van der Waals surface area contributed by atoms with Gasteiger partial charge in [0.25, 0.3) is 0 Å². The van der Waals surface area contributed by atoms with Crippen LogP contribution in [0.3, 0.4) is 0 Å². The Morgan fingerprint density at radius 3 is 2.75 bits per heavy atom. The normalized spacial score (nSPS) is 12.9. The molecule has 1 aliphatic rings. The van der Waals surface area contributed by atoms with Gasteiger partial charge in [-0.3, -0.25) is 9.78 Å². The molecule has 3 heterocycles. The van der Waals surface area contributed by atoms with Crippen molar-refractivity contribution in [2.45, 2.75) is 6.54 Å².